The van der Waals surface area contributed by atoms with E-state index in [0.717, 1.165) is 22.3 Å². The van der Waals surface area contributed by atoms with Crippen LogP contribution in [0.5, 0.6) is 5.75 Å². The van der Waals surface area contributed by atoms with E-state index in [1.807, 2.05) is 121 Å². The third kappa shape index (κ3) is 8.53. The van der Waals surface area contributed by atoms with Crippen molar-refractivity contribution in [2.24, 2.45) is 0 Å². The van der Waals surface area contributed by atoms with Crippen molar-refractivity contribution in [3.05, 3.63) is 173 Å². The van der Waals surface area contributed by atoms with Crippen LogP contribution in [0.15, 0.2) is 146 Å². The zero-order chi connectivity index (χ0) is 34.7. The Labute approximate surface area is 289 Å². The van der Waals surface area contributed by atoms with Crippen LogP contribution in [-0.2, 0) is 37.0 Å². The van der Waals surface area contributed by atoms with E-state index in [4.69, 9.17) is 18.9 Å². The molecule has 1 N–H and O–H groups in total. The molecule has 1 aliphatic heterocycles. The SMILES string of the molecule is O=C(N[C@H]1CN(C(C(=O)OC(c2ccccc2)c2ccccc2)c2ccc(OC(=O)OCc3ccccc3)cc2)C1=O)OCc1ccccc1. The summed E-state index contributed by atoms with van der Waals surface area (Å²) >= 11 is 0. The summed E-state index contributed by atoms with van der Waals surface area (Å²) in [4.78, 5) is 53.8. The van der Waals surface area contributed by atoms with Gasteiger partial charge in [0.15, 0.2) is 12.1 Å². The fourth-order valence-corrected chi connectivity index (χ4v) is 5.47. The molecule has 0 spiro atoms. The lowest BCUT2D eigenvalue weighted by Crippen LogP contribution is -2.65. The Morgan fingerprint density at radius 2 is 1.14 bits per heavy atom. The average molecular weight is 671 g/mol. The Balaban J connectivity index is 1.18. The van der Waals surface area contributed by atoms with Crippen LogP contribution < -0.4 is 10.1 Å². The van der Waals surface area contributed by atoms with Crippen LogP contribution in [0.3, 0.4) is 0 Å². The summed E-state index contributed by atoms with van der Waals surface area (Å²) in [5.41, 5.74) is 3.52. The van der Waals surface area contributed by atoms with Gasteiger partial charge in [-0.3, -0.25) is 4.79 Å². The highest BCUT2D eigenvalue weighted by molar-refractivity contribution is 5.95. The van der Waals surface area contributed by atoms with Crippen molar-refractivity contribution in [1.82, 2.24) is 10.2 Å². The van der Waals surface area contributed by atoms with Crippen molar-refractivity contribution in [1.29, 1.82) is 0 Å². The number of alkyl carbamates (subject to hydrolysis) is 1. The molecule has 0 aromatic heterocycles. The van der Waals surface area contributed by atoms with Crippen LogP contribution in [0.1, 0.15) is 40.0 Å². The Morgan fingerprint density at radius 1 is 0.640 bits per heavy atom. The summed E-state index contributed by atoms with van der Waals surface area (Å²) in [6.45, 7) is 0.118. The lowest BCUT2D eigenvalue weighted by Gasteiger charge is -2.42. The summed E-state index contributed by atoms with van der Waals surface area (Å²) in [6.07, 6.45) is -2.40. The fourth-order valence-electron chi connectivity index (χ4n) is 5.47. The van der Waals surface area contributed by atoms with E-state index in [2.05, 4.69) is 5.32 Å². The van der Waals surface area contributed by atoms with Gasteiger partial charge in [-0.15, -0.1) is 0 Å². The molecule has 1 saturated heterocycles. The third-order valence-electron chi connectivity index (χ3n) is 8.04. The van der Waals surface area contributed by atoms with Crippen molar-refractivity contribution < 1.29 is 38.1 Å². The van der Waals surface area contributed by atoms with E-state index < -0.39 is 42.3 Å². The maximum Gasteiger partial charge on any atom is 0.514 e. The molecule has 1 aliphatic rings. The van der Waals surface area contributed by atoms with Crippen molar-refractivity contribution in [3.63, 3.8) is 0 Å². The van der Waals surface area contributed by atoms with Gasteiger partial charge in [-0.05, 0) is 39.9 Å². The molecule has 1 unspecified atom stereocenters. The second-order valence-corrected chi connectivity index (χ2v) is 11.5. The van der Waals surface area contributed by atoms with E-state index in [1.165, 1.54) is 17.0 Å². The second kappa shape index (κ2) is 16.1. The van der Waals surface area contributed by atoms with E-state index in [1.54, 1.807) is 12.1 Å². The summed E-state index contributed by atoms with van der Waals surface area (Å²) < 4.78 is 22.0. The van der Waals surface area contributed by atoms with E-state index >= 15 is 0 Å². The summed E-state index contributed by atoms with van der Waals surface area (Å²) in [6, 6.07) is 41.0. The van der Waals surface area contributed by atoms with Crippen LogP contribution in [0.4, 0.5) is 9.59 Å². The number of carbonyl (C=O) groups excluding carboxylic acids is 4. The third-order valence-corrected chi connectivity index (χ3v) is 8.04. The number of carbonyl (C=O) groups is 4. The molecule has 0 saturated carbocycles. The number of esters is 1. The Hall–Kier alpha value is -6.42. The molecule has 10 nitrogen and oxygen atoms in total. The number of nitrogens with zero attached hydrogens (tertiary/aromatic N) is 1. The predicted molar refractivity (Wildman–Crippen MR) is 183 cm³/mol. The number of ether oxygens (including phenoxy) is 4. The van der Waals surface area contributed by atoms with E-state index in [9.17, 15) is 19.2 Å². The number of hydrogen-bond donors (Lipinski definition) is 1. The summed E-state index contributed by atoms with van der Waals surface area (Å²) in [5, 5.41) is 2.58. The van der Waals surface area contributed by atoms with Crippen LogP contribution >= 0.6 is 0 Å². The zero-order valence-corrected chi connectivity index (χ0v) is 26.9. The van der Waals surface area contributed by atoms with Gasteiger partial charge in [-0.1, -0.05) is 133 Å². The van der Waals surface area contributed by atoms with Gasteiger partial charge in [0.1, 0.15) is 25.0 Å². The molecule has 2 atom stereocenters. The standard InChI is InChI=1S/C40H34N2O8/c43-37-34(41-39(45)47-26-28-13-5-1-6-14-28)25-42(37)35(38(44)50-36(31-17-9-3-10-18-31)32-19-11-4-12-20-32)30-21-23-33(24-22-30)49-40(46)48-27-29-15-7-2-8-16-29/h1-24,34-36H,25-27H2,(H,41,45)/t34-,35?/m0/s1. The number of rotatable bonds is 12. The van der Waals surface area contributed by atoms with Gasteiger partial charge in [-0.2, -0.15) is 0 Å². The average Bonchev–Trinajstić information content (AvgIpc) is 3.16. The first-order chi connectivity index (χ1) is 24.4. The number of benzene rings is 5. The largest absolute Gasteiger partial charge is 0.514 e. The Kier molecular flexibility index (Phi) is 10.8. The molecule has 1 heterocycles. The summed E-state index contributed by atoms with van der Waals surface area (Å²) in [5.74, 6) is -0.984. The molecule has 50 heavy (non-hydrogen) atoms. The number of amides is 2. The molecule has 5 aromatic rings. The maximum absolute atomic E-state index is 14.1. The lowest BCUT2D eigenvalue weighted by molar-refractivity contribution is -0.165. The first-order valence-corrected chi connectivity index (χ1v) is 16.0. The lowest BCUT2D eigenvalue weighted by atomic mass is 9.97. The van der Waals surface area contributed by atoms with Gasteiger partial charge in [0.25, 0.3) is 0 Å². The van der Waals surface area contributed by atoms with Crippen molar-refractivity contribution in [3.8, 4) is 5.75 Å². The van der Waals surface area contributed by atoms with Crippen LogP contribution in [0.25, 0.3) is 0 Å². The Morgan fingerprint density at radius 3 is 1.66 bits per heavy atom. The van der Waals surface area contributed by atoms with Gasteiger partial charge in [0.2, 0.25) is 5.91 Å². The monoisotopic (exact) mass is 670 g/mol. The fraction of sp³-hybridized carbons (Fsp3) is 0.150. The van der Waals surface area contributed by atoms with Gasteiger partial charge in [0.05, 0.1) is 6.54 Å². The minimum atomic E-state index is -1.17. The van der Waals surface area contributed by atoms with Crippen molar-refractivity contribution in [2.45, 2.75) is 31.4 Å². The number of likely N-dealkylation sites (tertiary alicyclic amines) is 1. The topological polar surface area (TPSA) is 120 Å². The molecule has 2 amide bonds. The van der Waals surface area contributed by atoms with Gasteiger partial charge >= 0.3 is 18.2 Å². The molecular formula is C40H34N2O8. The minimum Gasteiger partial charge on any atom is -0.451 e. The molecule has 0 bridgehead atoms. The Bertz CT molecular complexity index is 1850. The number of β-lactam (4-membered cyclic amide) rings is 1. The molecule has 5 aromatic carbocycles. The van der Waals surface area contributed by atoms with Crippen LogP contribution in [-0.4, -0.2) is 41.6 Å². The smallest absolute Gasteiger partial charge is 0.451 e. The molecule has 10 heteroatoms. The molecule has 1 fully saturated rings. The number of hydrogen-bond acceptors (Lipinski definition) is 8. The first-order valence-electron chi connectivity index (χ1n) is 16.0. The molecule has 0 radical (unpaired) electrons. The summed E-state index contributed by atoms with van der Waals surface area (Å²) in [7, 11) is 0. The highest BCUT2D eigenvalue weighted by Gasteiger charge is 2.46. The van der Waals surface area contributed by atoms with Gasteiger partial charge in [-0.25, -0.2) is 14.4 Å². The second-order valence-electron chi connectivity index (χ2n) is 11.5. The normalized spacial score (nSPS) is 14.2. The van der Waals surface area contributed by atoms with Gasteiger partial charge in [0, 0.05) is 0 Å². The highest BCUT2D eigenvalue weighted by atomic mass is 16.7. The van der Waals surface area contributed by atoms with E-state index in [-0.39, 0.29) is 25.5 Å². The molecular weight excluding hydrogens is 636 g/mol. The quantitative estimate of drug-likeness (QED) is 0.0658. The molecule has 252 valence electrons. The molecule has 0 aliphatic carbocycles. The van der Waals surface area contributed by atoms with E-state index in [0.29, 0.717) is 5.56 Å². The highest BCUT2D eigenvalue weighted by Crippen LogP contribution is 2.34. The van der Waals surface area contributed by atoms with Crippen molar-refractivity contribution >= 4 is 24.1 Å². The van der Waals surface area contributed by atoms with Crippen LogP contribution in [0, 0.1) is 0 Å². The van der Waals surface area contributed by atoms with Crippen LogP contribution in [0.2, 0.25) is 0 Å². The first kappa shape index (κ1) is 33.5. The molecule has 6 rings (SSSR count). The zero-order valence-electron chi connectivity index (χ0n) is 26.9. The maximum atomic E-state index is 14.1. The predicted octanol–water partition coefficient (Wildman–Crippen LogP) is 6.91. The van der Waals surface area contributed by atoms with Gasteiger partial charge < -0.3 is 29.2 Å². The van der Waals surface area contributed by atoms with Crippen molar-refractivity contribution in [2.75, 3.05) is 6.54 Å². The minimum absolute atomic E-state index is 0.0322. The number of nitrogens with one attached hydrogen (secondary N) is 1.